The summed E-state index contributed by atoms with van der Waals surface area (Å²) in [6.45, 7) is 0. The van der Waals surface area contributed by atoms with Crippen molar-refractivity contribution in [2.24, 2.45) is 5.92 Å². The van der Waals surface area contributed by atoms with Gasteiger partial charge >= 0.3 is 0 Å². The fraction of sp³-hybridized carbons (Fsp3) is 0.353. The maximum atomic E-state index is 14.0. The molecule has 2 heterocycles. The number of nitrogens with zero attached hydrogens (tertiary/aromatic N) is 1. The van der Waals surface area contributed by atoms with Crippen molar-refractivity contribution in [1.29, 1.82) is 0 Å². The first-order valence-corrected chi connectivity index (χ1v) is 7.32. The van der Waals surface area contributed by atoms with Crippen LogP contribution in [0.15, 0.2) is 30.5 Å². The van der Waals surface area contributed by atoms with Gasteiger partial charge in [-0.25, -0.2) is 13.8 Å². The Hall–Kier alpha value is -1.97. The van der Waals surface area contributed by atoms with Gasteiger partial charge in [-0.1, -0.05) is 0 Å². The summed E-state index contributed by atoms with van der Waals surface area (Å²) in [5.74, 6) is 0.155. The normalized spacial score (nSPS) is 20.8. The van der Waals surface area contributed by atoms with E-state index in [-0.39, 0.29) is 6.10 Å². The molecule has 1 aromatic heterocycles. The molecule has 108 valence electrons. The highest BCUT2D eigenvalue weighted by molar-refractivity contribution is 5.69. The third kappa shape index (κ3) is 2.28. The minimum Gasteiger partial charge on any atom is -0.474 e. The lowest BCUT2D eigenvalue weighted by atomic mass is 9.94. The molecule has 1 aromatic carbocycles. The van der Waals surface area contributed by atoms with E-state index in [1.165, 1.54) is 25.0 Å². The van der Waals surface area contributed by atoms with Crippen molar-refractivity contribution in [2.45, 2.75) is 31.8 Å². The summed E-state index contributed by atoms with van der Waals surface area (Å²) in [6.07, 6.45) is 6.11. The van der Waals surface area contributed by atoms with Crippen molar-refractivity contribution in [3.8, 4) is 17.0 Å². The Kier molecular flexibility index (Phi) is 2.91. The number of fused-ring (bicyclic) bond motifs is 1. The van der Waals surface area contributed by atoms with E-state index in [2.05, 4.69) is 4.98 Å². The topological polar surface area (TPSA) is 22.1 Å². The van der Waals surface area contributed by atoms with Crippen LogP contribution in [0.2, 0.25) is 0 Å². The molecule has 4 rings (SSSR count). The van der Waals surface area contributed by atoms with E-state index in [9.17, 15) is 8.78 Å². The van der Waals surface area contributed by atoms with Gasteiger partial charge in [-0.3, -0.25) is 0 Å². The molecule has 1 fully saturated rings. The second-order valence-corrected chi connectivity index (χ2v) is 5.80. The van der Waals surface area contributed by atoms with E-state index in [0.29, 0.717) is 17.4 Å². The second kappa shape index (κ2) is 4.79. The summed E-state index contributed by atoms with van der Waals surface area (Å²) < 4.78 is 33.1. The van der Waals surface area contributed by atoms with Crippen LogP contribution in [0.5, 0.6) is 5.88 Å². The molecular formula is C17H15F2NO. The molecule has 2 nitrogen and oxygen atoms in total. The average molecular weight is 287 g/mol. The van der Waals surface area contributed by atoms with Crippen LogP contribution in [-0.2, 0) is 6.42 Å². The highest BCUT2D eigenvalue weighted by Crippen LogP contribution is 2.42. The number of pyridine rings is 1. The SMILES string of the molecule is Fc1ccc(-c2ccnc3c2CC[C@H](C2CC2)O3)c(F)c1. The fourth-order valence-corrected chi connectivity index (χ4v) is 3.07. The van der Waals surface area contributed by atoms with Crippen LogP contribution in [0.1, 0.15) is 24.8 Å². The zero-order valence-electron chi connectivity index (χ0n) is 11.5. The van der Waals surface area contributed by atoms with Crippen molar-refractivity contribution >= 4 is 0 Å². The smallest absolute Gasteiger partial charge is 0.217 e. The minimum atomic E-state index is -0.566. The van der Waals surface area contributed by atoms with Crippen LogP contribution in [0.25, 0.3) is 11.1 Å². The molecule has 0 N–H and O–H groups in total. The largest absolute Gasteiger partial charge is 0.474 e. The maximum Gasteiger partial charge on any atom is 0.217 e. The van der Waals surface area contributed by atoms with Gasteiger partial charge in [-0.15, -0.1) is 0 Å². The highest BCUT2D eigenvalue weighted by atomic mass is 19.1. The molecule has 4 heteroatoms. The van der Waals surface area contributed by atoms with Gasteiger partial charge in [0, 0.05) is 23.4 Å². The van der Waals surface area contributed by atoms with E-state index >= 15 is 0 Å². The molecule has 0 unspecified atom stereocenters. The monoisotopic (exact) mass is 287 g/mol. The molecule has 1 aliphatic heterocycles. The number of hydrogen-bond donors (Lipinski definition) is 0. The van der Waals surface area contributed by atoms with Gasteiger partial charge in [0.1, 0.15) is 17.7 Å². The van der Waals surface area contributed by atoms with Gasteiger partial charge in [0.25, 0.3) is 0 Å². The molecule has 0 spiro atoms. The summed E-state index contributed by atoms with van der Waals surface area (Å²) in [7, 11) is 0. The molecule has 21 heavy (non-hydrogen) atoms. The third-order valence-electron chi connectivity index (χ3n) is 4.33. The van der Waals surface area contributed by atoms with Gasteiger partial charge in [-0.2, -0.15) is 0 Å². The summed E-state index contributed by atoms with van der Waals surface area (Å²) in [4.78, 5) is 4.29. The lowest BCUT2D eigenvalue weighted by Crippen LogP contribution is -2.25. The van der Waals surface area contributed by atoms with Crippen LogP contribution < -0.4 is 4.74 Å². The highest BCUT2D eigenvalue weighted by Gasteiger charge is 2.36. The molecule has 1 atom stereocenters. The van der Waals surface area contributed by atoms with Crippen molar-refractivity contribution < 1.29 is 13.5 Å². The Bertz CT molecular complexity index is 697. The standard InChI is InChI=1S/C17H15F2NO/c18-11-3-4-13(15(19)9-11)12-7-8-20-17-14(12)5-6-16(21-17)10-1-2-10/h3-4,7-10,16H,1-2,5-6H2/t16-/m1/s1. The number of halogens is 2. The Balaban J connectivity index is 1.75. The molecule has 0 bridgehead atoms. The lowest BCUT2D eigenvalue weighted by Gasteiger charge is -2.26. The first kappa shape index (κ1) is 12.7. The minimum absolute atomic E-state index is 0.248. The zero-order valence-corrected chi connectivity index (χ0v) is 11.5. The first-order valence-electron chi connectivity index (χ1n) is 7.32. The molecule has 2 aromatic rings. The Morgan fingerprint density at radius 3 is 2.67 bits per heavy atom. The predicted molar refractivity (Wildman–Crippen MR) is 75.1 cm³/mol. The lowest BCUT2D eigenvalue weighted by molar-refractivity contribution is 0.144. The van der Waals surface area contributed by atoms with Gasteiger partial charge in [0.05, 0.1) is 0 Å². The van der Waals surface area contributed by atoms with E-state index in [4.69, 9.17) is 4.74 Å². The van der Waals surface area contributed by atoms with Crippen LogP contribution in [-0.4, -0.2) is 11.1 Å². The van der Waals surface area contributed by atoms with E-state index in [1.54, 1.807) is 12.3 Å². The Morgan fingerprint density at radius 1 is 1.05 bits per heavy atom. The number of benzene rings is 1. The molecule has 1 saturated carbocycles. The van der Waals surface area contributed by atoms with Crippen molar-refractivity contribution in [2.75, 3.05) is 0 Å². The van der Waals surface area contributed by atoms with E-state index in [1.807, 2.05) is 0 Å². The van der Waals surface area contributed by atoms with Gasteiger partial charge < -0.3 is 4.74 Å². The Labute approximate surface area is 121 Å². The molecular weight excluding hydrogens is 272 g/mol. The summed E-state index contributed by atoms with van der Waals surface area (Å²) >= 11 is 0. The Morgan fingerprint density at radius 2 is 1.90 bits per heavy atom. The summed E-state index contributed by atoms with van der Waals surface area (Å²) in [6, 6.07) is 5.45. The molecule has 0 saturated heterocycles. The number of rotatable bonds is 2. The average Bonchev–Trinajstić information content (AvgIpc) is 3.31. The second-order valence-electron chi connectivity index (χ2n) is 5.80. The quantitative estimate of drug-likeness (QED) is 0.828. The van der Waals surface area contributed by atoms with Crippen LogP contribution in [0, 0.1) is 17.6 Å². The fourth-order valence-electron chi connectivity index (χ4n) is 3.07. The van der Waals surface area contributed by atoms with Crippen LogP contribution >= 0.6 is 0 Å². The first-order chi connectivity index (χ1) is 10.2. The summed E-state index contributed by atoms with van der Waals surface area (Å²) in [5, 5.41) is 0. The number of ether oxygens (including phenoxy) is 1. The van der Waals surface area contributed by atoms with Gasteiger partial charge in [0.15, 0.2) is 0 Å². The molecule has 0 amide bonds. The zero-order chi connectivity index (χ0) is 14.4. The molecule has 1 aliphatic carbocycles. The number of aromatic nitrogens is 1. The van der Waals surface area contributed by atoms with Gasteiger partial charge in [0.2, 0.25) is 5.88 Å². The maximum absolute atomic E-state index is 14.0. The third-order valence-corrected chi connectivity index (χ3v) is 4.33. The summed E-state index contributed by atoms with van der Waals surface area (Å²) in [5.41, 5.74) is 2.09. The number of hydrogen-bond acceptors (Lipinski definition) is 2. The van der Waals surface area contributed by atoms with Gasteiger partial charge in [-0.05, 0) is 55.4 Å². The van der Waals surface area contributed by atoms with Crippen molar-refractivity contribution in [3.63, 3.8) is 0 Å². The van der Waals surface area contributed by atoms with Crippen LogP contribution in [0.3, 0.4) is 0 Å². The van der Waals surface area contributed by atoms with Crippen molar-refractivity contribution in [1.82, 2.24) is 4.98 Å². The predicted octanol–water partition coefficient (Wildman–Crippen LogP) is 4.13. The van der Waals surface area contributed by atoms with E-state index < -0.39 is 11.6 Å². The van der Waals surface area contributed by atoms with Crippen molar-refractivity contribution in [3.05, 3.63) is 47.7 Å². The molecule has 0 radical (unpaired) electrons. The molecule has 2 aliphatic rings. The van der Waals surface area contributed by atoms with E-state index in [0.717, 1.165) is 30.0 Å². The van der Waals surface area contributed by atoms with Crippen LogP contribution in [0.4, 0.5) is 8.78 Å².